The Bertz CT molecular complexity index is 609. The summed E-state index contributed by atoms with van der Waals surface area (Å²) in [5.41, 5.74) is 5.79. The zero-order valence-electron chi connectivity index (χ0n) is 19.6. The summed E-state index contributed by atoms with van der Waals surface area (Å²) in [5.74, 6) is -0.460. The van der Waals surface area contributed by atoms with Crippen LogP contribution in [0.3, 0.4) is 0 Å². The van der Waals surface area contributed by atoms with Crippen LogP contribution in [0.2, 0.25) is 0 Å². The second-order valence-corrected chi connectivity index (χ2v) is 10.2. The molecule has 0 radical (unpaired) electrons. The Balaban J connectivity index is 5.81. The quantitative estimate of drug-likeness (QED) is 0.648. The number of allylic oxidation sites excluding steroid dienone is 1. The minimum absolute atomic E-state index is 0.0247. The van der Waals surface area contributed by atoms with E-state index in [2.05, 4.69) is 5.32 Å². The van der Waals surface area contributed by atoms with Crippen molar-refractivity contribution in [3.8, 4) is 0 Å². The Morgan fingerprint density at radius 3 is 1.75 bits per heavy atom. The molecule has 0 bridgehead atoms. The number of carbonyl (C=O) groups excluding carboxylic acids is 3. The molecule has 0 aromatic carbocycles. The van der Waals surface area contributed by atoms with Crippen LogP contribution in [0.5, 0.6) is 0 Å². The van der Waals surface area contributed by atoms with Crippen molar-refractivity contribution in [2.45, 2.75) is 87.4 Å². The van der Waals surface area contributed by atoms with Gasteiger partial charge in [-0.25, -0.2) is 0 Å². The maximum atomic E-state index is 13.4. The van der Waals surface area contributed by atoms with Crippen molar-refractivity contribution in [1.29, 1.82) is 0 Å². The molecule has 0 saturated carbocycles. The normalized spacial score (nSPS) is 16.4. The van der Waals surface area contributed by atoms with Crippen LogP contribution in [0.1, 0.15) is 69.2 Å². The van der Waals surface area contributed by atoms with Crippen LogP contribution in [0.25, 0.3) is 0 Å². The van der Waals surface area contributed by atoms with Crippen LogP contribution in [-0.4, -0.2) is 47.7 Å². The van der Waals surface area contributed by atoms with E-state index in [0.29, 0.717) is 5.57 Å². The van der Waals surface area contributed by atoms with Gasteiger partial charge in [-0.3, -0.25) is 14.4 Å². The molecule has 0 rings (SSSR count). The Morgan fingerprint density at radius 1 is 0.964 bits per heavy atom. The van der Waals surface area contributed by atoms with Gasteiger partial charge in [0.25, 0.3) is 0 Å². The van der Waals surface area contributed by atoms with E-state index >= 15 is 0 Å². The van der Waals surface area contributed by atoms with Gasteiger partial charge in [0.2, 0.25) is 11.8 Å². The number of hydrogen-bond acceptors (Lipinski definition) is 4. The third-order valence-electron chi connectivity index (χ3n) is 5.07. The van der Waals surface area contributed by atoms with Gasteiger partial charge >= 0.3 is 0 Å². The molecule has 0 saturated heterocycles. The molecule has 0 heterocycles. The molecule has 6 heteroatoms. The molecule has 0 aliphatic heterocycles. The maximum absolute atomic E-state index is 13.4. The fourth-order valence-electron chi connectivity index (χ4n) is 2.75. The van der Waals surface area contributed by atoms with Gasteiger partial charge in [-0.15, -0.1) is 0 Å². The highest BCUT2D eigenvalue weighted by atomic mass is 16.2. The summed E-state index contributed by atoms with van der Waals surface area (Å²) in [6, 6.07) is -1.71. The smallest absolute Gasteiger partial charge is 0.245 e. The molecule has 3 atom stereocenters. The molecule has 0 aromatic heterocycles. The van der Waals surface area contributed by atoms with E-state index in [-0.39, 0.29) is 29.6 Å². The highest BCUT2D eigenvalue weighted by Crippen LogP contribution is 2.25. The number of ketones is 1. The average molecular weight is 396 g/mol. The zero-order valence-corrected chi connectivity index (χ0v) is 19.6. The summed E-state index contributed by atoms with van der Waals surface area (Å²) >= 11 is 0. The van der Waals surface area contributed by atoms with Crippen LogP contribution in [-0.2, 0) is 14.4 Å². The lowest BCUT2D eigenvalue weighted by molar-refractivity contribution is -0.140. The van der Waals surface area contributed by atoms with Crippen molar-refractivity contribution in [2.75, 3.05) is 7.05 Å². The molecule has 0 unspecified atom stereocenters. The lowest BCUT2D eigenvalue weighted by atomic mass is 9.83. The number of likely N-dealkylation sites (N-methyl/N-ethyl adjacent to an activating group) is 1. The maximum Gasteiger partial charge on any atom is 0.245 e. The molecule has 0 aliphatic carbocycles. The minimum Gasteiger partial charge on any atom is -0.342 e. The summed E-state index contributed by atoms with van der Waals surface area (Å²) in [5, 5.41) is 2.87. The fraction of sp³-hybridized carbons (Fsp3) is 0.773. The predicted octanol–water partition coefficient (Wildman–Crippen LogP) is 2.91. The number of amides is 2. The van der Waals surface area contributed by atoms with E-state index < -0.39 is 22.9 Å². The van der Waals surface area contributed by atoms with Crippen molar-refractivity contribution in [3.63, 3.8) is 0 Å². The third-order valence-corrected chi connectivity index (χ3v) is 5.07. The third kappa shape index (κ3) is 7.38. The van der Waals surface area contributed by atoms with E-state index in [1.807, 2.05) is 61.5 Å². The highest BCUT2D eigenvalue weighted by molar-refractivity contribution is 5.93. The molecule has 0 aliphatic rings. The molecule has 6 nitrogen and oxygen atoms in total. The number of nitrogens with one attached hydrogen (secondary N) is 1. The Morgan fingerprint density at radius 2 is 1.43 bits per heavy atom. The van der Waals surface area contributed by atoms with Crippen LogP contribution in [0.4, 0.5) is 0 Å². The van der Waals surface area contributed by atoms with Crippen LogP contribution in [0.15, 0.2) is 11.6 Å². The Hall–Kier alpha value is -1.69. The van der Waals surface area contributed by atoms with Gasteiger partial charge in [0.15, 0.2) is 5.78 Å². The summed E-state index contributed by atoms with van der Waals surface area (Å²) in [6.45, 7) is 18.7. The standard InChI is InChI=1S/C22H41N3O3/c1-13(2)16(12-14(3)15(4)26)25(11)20(28)18(22(8,9)10)24-19(27)17(23)21(5,6)7/h12-13,16-18H,23H2,1-11H3,(H,24,27)/b14-12+/t16-,17-,18-/m1/s1. The largest absolute Gasteiger partial charge is 0.342 e. The number of rotatable bonds is 7. The van der Waals surface area contributed by atoms with E-state index in [4.69, 9.17) is 5.73 Å². The second kappa shape index (κ2) is 9.68. The predicted molar refractivity (Wildman–Crippen MR) is 115 cm³/mol. The molecule has 0 fully saturated rings. The molecular formula is C22H41N3O3. The van der Waals surface area contributed by atoms with Gasteiger partial charge in [-0.2, -0.15) is 0 Å². The SMILES string of the molecule is CC(=O)/C(C)=C/[C@H](C(C)C)N(C)C(=O)[C@@H](NC(=O)[C@@H](N)C(C)(C)C)C(C)(C)C. The van der Waals surface area contributed by atoms with Crippen molar-refractivity contribution in [2.24, 2.45) is 22.5 Å². The Kier molecular flexibility index (Phi) is 9.10. The van der Waals surface area contributed by atoms with E-state index in [9.17, 15) is 14.4 Å². The minimum atomic E-state index is -0.731. The topological polar surface area (TPSA) is 92.5 Å². The lowest BCUT2D eigenvalue weighted by Crippen LogP contribution is -2.60. The molecule has 28 heavy (non-hydrogen) atoms. The molecule has 0 spiro atoms. The van der Waals surface area contributed by atoms with Gasteiger partial charge in [0.1, 0.15) is 6.04 Å². The summed E-state index contributed by atoms with van der Waals surface area (Å²) in [4.78, 5) is 39.3. The average Bonchev–Trinajstić information content (AvgIpc) is 2.52. The first-order valence-electron chi connectivity index (χ1n) is 9.93. The van der Waals surface area contributed by atoms with Crippen molar-refractivity contribution in [3.05, 3.63) is 11.6 Å². The zero-order chi connectivity index (χ0) is 22.6. The van der Waals surface area contributed by atoms with Crippen LogP contribution >= 0.6 is 0 Å². The number of hydrogen-bond donors (Lipinski definition) is 2. The number of Topliss-reactive ketones (excluding diaryl/α,β-unsaturated/α-hetero) is 1. The summed E-state index contributed by atoms with van der Waals surface area (Å²) in [7, 11) is 1.71. The molecule has 2 amide bonds. The van der Waals surface area contributed by atoms with Crippen molar-refractivity contribution < 1.29 is 14.4 Å². The first-order chi connectivity index (χ1) is 12.4. The van der Waals surface area contributed by atoms with E-state index in [1.54, 1.807) is 18.9 Å². The van der Waals surface area contributed by atoms with Crippen LogP contribution < -0.4 is 11.1 Å². The number of carbonyl (C=O) groups is 3. The fourth-order valence-corrected chi connectivity index (χ4v) is 2.75. The first kappa shape index (κ1) is 26.3. The van der Waals surface area contributed by atoms with Gasteiger partial charge in [-0.1, -0.05) is 61.5 Å². The second-order valence-electron chi connectivity index (χ2n) is 10.2. The first-order valence-corrected chi connectivity index (χ1v) is 9.93. The number of nitrogens with two attached hydrogens (primary N) is 1. The van der Waals surface area contributed by atoms with Crippen molar-refractivity contribution >= 4 is 17.6 Å². The van der Waals surface area contributed by atoms with Crippen molar-refractivity contribution in [1.82, 2.24) is 10.2 Å². The summed E-state index contributed by atoms with van der Waals surface area (Å²) in [6.07, 6.45) is 1.83. The molecule has 162 valence electrons. The number of nitrogens with zero attached hydrogens (tertiary/aromatic N) is 1. The summed E-state index contributed by atoms with van der Waals surface area (Å²) < 4.78 is 0. The monoisotopic (exact) mass is 395 g/mol. The molecular weight excluding hydrogens is 354 g/mol. The van der Waals surface area contributed by atoms with Gasteiger partial charge in [0.05, 0.1) is 12.1 Å². The van der Waals surface area contributed by atoms with Crippen LogP contribution in [0, 0.1) is 16.7 Å². The van der Waals surface area contributed by atoms with Gasteiger partial charge < -0.3 is 16.0 Å². The van der Waals surface area contributed by atoms with Gasteiger partial charge in [0, 0.05) is 7.05 Å². The van der Waals surface area contributed by atoms with Gasteiger partial charge in [-0.05, 0) is 36.2 Å². The highest BCUT2D eigenvalue weighted by Gasteiger charge is 2.39. The van der Waals surface area contributed by atoms with E-state index in [1.165, 1.54) is 6.92 Å². The Labute approximate surface area is 171 Å². The lowest BCUT2D eigenvalue weighted by Gasteiger charge is -2.38. The van der Waals surface area contributed by atoms with E-state index in [0.717, 1.165) is 0 Å². The molecule has 3 N–H and O–H groups in total. The molecule has 0 aromatic rings.